The topological polar surface area (TPSA) is 89.7 Å². The van der Waals surface area contributed by atoms with Crippen molar-refractivity contribution in [1.82, 2.24) is 14.9 Å². The zero-order chi connectivity index (χ0) is 16.6. The highest BCUT2D eigenvalue weighted by atomic mass is 16.3. The van der Waals surface area contributed by atoms with Crippen molar-refractivity contribution >= 4 is 0 Å². The third-order valence-electron chi connectivity index (χ3n) is 4.12. The van der Waals surface area contributed by atoms with Crippen LogP contribution in [0.15, 0.2) is 18.3 Å². The lowest BCUT2D eigenvalue weighted by atomic mass is 10.0. The van der Waals surface area contributed by atoms with Gasteiger partial charge in [-0.1, -0.05) is 13.8 Å². The zero-order valence-electron chi connectivity index (χ0n) is 13.3. The summed E-state index contributed by atoms with van der Waals surface area (Å²) in [7, 11) is 0. The second kappa shape index (κ2) is 6.04. The summed E-state index contributed by atoms with van der Waals surface area (Å²) in [6.45, 7) is 6.18. The first-order chi connectivity index (χ1) is 10.9. The summed E-state index contributed by atoms with van der Waals surface area (Å²) in [4.78, 5) is 11.2. The summed E-state index contributed by atoms with van der Waals surface area (Å²) in [5, 5.41) is 28.9. The van der Waals surface area contributed by atoms with Crippen molar-refractivity contribution in [3.05, 3.63) is 41.0 Å². The summed E-state index contributed by atoms with van der Waals surface area (Å²) in [5.74, 6) is 0.635. The fraction of sp³-hybridized carbons (Fsp3) is 0.412. The summed E-state index contributed by atoms with van der Waals surface area (Å²) in [6, 6.07) is 2.57. The van der Waals surface area contributed by atoms with Crippen molar-refractivity contribution in [3.63, 3.8) is 0 Å². The molecular weight excluding hydrogens is 294 g/mol. The number of nitrogens with zero attached hydrogens (tertiary/aromatic N) is 3. The van der Waals surface area contributed by atoms with Gasteiger partial charge in [0.25, 0.3) is 0 Å². The maximum absolute atomic E-state index is 9.92. The van der Waals surface area contributed by atoms with Gasteiger partial charge in [-0.25, -0.2) is 9.97 Å². The number of aromatic nitrogens is 2. The predicted octanol–water partition coefficient (Wildman–Crippen LogP) is 2.28. The number of phenolic OH excluding ortho intramolecular Hbond substituents is 3. The van der Waals surface area contributed by atoms with Crippen LogP contribution in [0.2, 0.25) is 0 Å². The molecule has 6 nitrogen and oxygen atoms in total. The van der Waals surface area contributed by atoms with E-state index < -0.39 is 0 Å². The van der Waals surface area contributed by atoms with E-state index in [1.807, 2.05) is 6.20 Å². The van der Waals surface area contributed by atoms with Crippen LogP contribution in [0.4, 0.5) is 0 Å². The average molecular weight is 315 g/mol. The highest BCUT2D eigenvalue weighted by Crippen LogP contribution is 2.33. The molecule has 0 atom stereocenters. The highest BCUT2D eigenvalue weighted by molar-refractivity contribution is 5.48. The minimum Gasteiger partial charge on any atom is -0.507 e. The van der Waals surface area contributed by atoms with Crippen molar-refractivity contribution in [2.45, 2.75) is 39.3 Å². The largest absolute Gasteiger partial charge is 0.507 e. The Bertz CT molecular complexity index is 731. The molecular formula is C17H21N3O3. The predicted molar refractivity (Wildman–Crippen MR) is 85.4 cm³/mol. The van der Waals surface area contributed by atoms with Gasteiger partial charge in [-0.15, -0.1) is 0 Å². The normalized spacial score (nSPS) is 14.9. The average Bonchev–Trinajstić information content (AvgIpc) is 2.52. The molecule has 0 saturated heterocycles. The summed E-state index contributed by atoms with van der Waals surface area (Å²) in [6.07, 6.45) is 2.72. The lowest BCUT2D eigenvalue weighted by Crippen LogP contribution is -2.31. The number of rotatable bonds is 3. The number of aromatic hydroxyl groups is 3. The molecule has 0 aliphatic carbocycles. The van der Waals surface area contributed by atoms with Crippen LogP contribution in [0, 0.1) is 0 Å². The van der Waals surface area contributed by atoms with Crippen molar-refractivity contribution in [2.75, 3.05) is 6.54 Å². The SMILES string of the molecule is CC(C)c1ncc2c(n1)CCN(Cc1cc(O)c(O)cc1O)C2. The monoisotopic (exact) mass is 315 g/mol. The molecule has 23 heavy (non-hydrogen) atoms. The fourth-order valence-electron chi connectivity index (χ4n) is 2.78. The molecule has 122 valence electrons. The number of fused-ring (bicyclic) bond motifs is 1. The molecule has 6 heteroatoms. The van der Waals surface area contributed by atoms with Crippen LogP contribution in [-0.4, -0.2) is 36.7 Å². The van der Waals surface area contributed by atoms with Crippen LogP contribution in [-0.2, 0) is 19.5 Å². The molecule has 2 heterocycles. The van der Waals surface area contributed by atoms with E-state index in [-0.39, 0.29) is 17.2 Å². The van der Waals surface area contributed by atoms with E-state index >= 15 is 0 Å². The van der Waals surface area contributed by atoms with Gasteiger partial charge in [0.15, 0.2) is 11.5 Å². The Hall–Kier alpha value is -2.34. The molecule has 0 unspecified atom stereocenters. The Labute approximate surface area is 135 Å². The van der Waals surface area contributed by atoms with E-state index in [1.165, 1.54) is 12.1 Å². The first-order valence-corrected chi connectivity index (χ1v) is 7.75. The molecule has 1 aliphatic heterocycles. The Morgan fingerprint density at radius 3 is 2.61 bits per heavy atom. The molecule has 1 aromatic heterocycles. The third-order valence-corrected chi connectivity index (χ3v) is 4.12. The fourth-order valence-corrected chi connectivity index (χ4v) is 2.78. The number of benzene rings is 1. The van der Waals surface area contributed by atoms with Gasteiger partial charge in [0.05, 0.1) is 0 Å². The number of hydrogen-bond acceptors (Lipinski definition) is 6. The first kappa shape index (κ1) is 15.6. The third kappa shape index (κ3) is 3.22. The van der Waals surface area contributed by atoms with Gasteiger partial charge < -0.3 is 15.3 Å². The molecule has 1 aliphatic rings. The van der Waals surface area contributed by atoms with Crippen molar-refractivity contribution < 1.29 is 15.3 Å². The highest BCUT2D eigenvalue weighted by Gasteiger charge is 2.20. The van der Waals surface area contributed by atoms with Gasteiger partial charge in [0, 0.05) is 61.1 Å². The van der Waals surface area contributed by atoms with Crippen molar-refractivity contribution in [3.8, 4) is 17.2 Å². The molecule has 3 rings (SSSR count). The number of phenols is 3. The van der Waals surface area contributed by atoms with E-state index in [1.54, 1.807) is 0 Å². The maximum atomic E-state index is 9.92. The number of hydrogen-bond donors (Lipinski definition) is 3. The van der Waals surface area contributed by atoms with Gasteiger partial charge in [-0.2, -0.15) is 0 Å². The van der Waals surface area contributed by atoms with Crippen LogP contribution in [0.3, 0.4) is 0 Å². The standard InChI is InChI=1S/C17H21N3O3/c1-10(2)17-18-7-12-9-20(4-3-13(12)19-17)8-11-5-15(22)16(23)6-14(11)21/h5-7,10,21-23H,3-4,8-9H2,1-2H3. The Balaban J connectivity index is 1.76. The van der Waals surface area contributed by atoms with E-state index in [2.05, 4.69) is 28.7 Å². The molecule has 0 saturated carbocycles. The lowest BCUT2D eigenvalue weighted by molar-refractivity contribution is 0.238. The van der Waals surface area contributed by atoms with Crippen LogP contribution in [0.25, 0.3) is 0 Å². The summed E-state index contributed by atoms with van der Waals surface area (Å²) >= 11 is 0. The van der Waals surface area contributed by atoms with Gasteiger partial charge >= 0.3 is 0 Å². The quantitative estimate of drug-likeness (QED) is 0.595. The molecule has 0 amide bonds. The second-order valence-electron chi connectivity index (χ2n) is 6.29. The van der Waals surface area contributed by atoms with E-state index in [0.29, 0.717) is 24.6 Å². The van der Waals surface area contributed by atoms with Crippen LogP contribution >= 0.6 is 0 Å². The Morgan fingerprint density at radius 1 is 1.13 bits per heavy atom. The molecule has 3 N–H and O–H groups in total. The molecule has 2 aromatic rings. The molecule has 0 spiro atoms. The van der Waals surface area contributed by atoms with Crippen molar-refractivity contribution in [2.24, 2.45) is 0 Å². The van der Waals surface area contributed by atoms with E-state index in [4.69, 9.17) is 0 Å². The zero-order valence-corrected chi connectivity index (χ0v) is 13.3. The second-order valence-corrected chi connectivity index (χ2v) is 6.29. The molecule has 0 bridgehead atoms. The minimum absolute atomic E-state index is 0.0162. The molecule has 0 fully saturated rings. The maximum Gasteiger partial charge on any atom is 0.161 e. The Morgan fingerprint density at radius 2 is 1.87 bits per heavy atom. The molecule has 1 aromatic carbocycles. The van der Waals surface area contributed by atoms with Crippen LogP contribution in [0.1, 0.15) is 42.4 Å². The lowest BCUT2D eigenvalue weighted by Gasteiger charge is -2.28. The molecule has 0 radical (unpaired) electrons. The summed E-state index contributed by atoms with van der Waals surface area (Å²) < 4.78 is 0. The van der Waals surface area contributed by atoms with Gasteiger partial charge in [0.1, 0.15) is 11.6 Å². The van der Waals surface area contributed by atoms with E-state index in [0.717, 1.165) is 30.0 Å². The van der Waals surface area contributed by atoms with Crippen molar-refractivity contribution in [1.29, 1.82) is 0 Å². The van der Waals surface area contributed by atoms with Crippen LogP contribution < -0.4 is 0 Å². The van der Waals surface area contributed by atoms with Gasteiger partial charge in [-0.3, -0.25) is 4.90 Å². The smallest absolute Gasteiger partial charge is 0.161 e. The van der Waals surface area contributed by atoms with Gasteiger partial charge in [-0.05, 0) is 6.07 Å². The van der Waals surface area contributed by atoms with E-state index in [9.17, 15) is 15.3 Å². The summed E-state index contributed by atoms with van der Waals surface area (Å²) in [5.41, 5.74) is 2.78. The van der Waals surface area contributed by atoms with Gasteiger partial charge in [0.2, 0.25) is 0 Å². The Kier molecular flexibility index (Phi) is 4.09. The minimum atomic E-state index is -0.315. The first-order valence-electron chi connectivity index (χ1n) is 7.75. The van der Waals surface area contributed by atoms with Crippen LogP contribution in [0.5, 0.6) is 17.2 Å².